The molecule has 0 amide bonds. The van der Waals surface area contributed by atoms with Crippen molar-refractivity contribution < 1.29 is 0 Å². The third-order valence-corrected chi connectivity index (χ3v) is 2.27. The van der Waals surface area contributed by atoms with Crippen molar-refractivity contribution in [3.05, 3.63) is 37.9 Å². The van der Waals surface area contributed by atoms with E-state index < -0.39 is 11.1 Å². The minimum atomic E-state index is -0.745. The average molecular weight is 212 g/mol. The first-order chi connectivity index (χ1) is 6.59. The third kappa shape index (κ3) is 1.18. The van der Waals surface area contributed by atoms with Gasteiger partial charge in [0.15, 0.2) is 0 Å². The first kappa shape index (κ1) is 8.83. The van der Waals surface area contributed by atoms with Crippen molar-refractivity contribution in [3.8, 4) is 0 Å². The van der Waals surface area contributed by atoms with E-state index in [-0.39, 0.29) is 5.02 Å². The van der Waals surface area contributed by atoms with Crippen LogP contribution in [0, 0.1) is 0 Å². The lowest BCUT2D eigenvalue weighted by atomic mass is 10.2. The molecule has 0 atom stereocenters. The molecule has 72 valence electrons. The Kier molecular flexibility index (Phi) is 1.82. The number of fused-ring (bicyclic) bond motifs is 1. The van der Waals surface area contributed by atoms with E-state index in [1.54, 1.807) is 12.1 Å². The zero-order valence-corrected chi connectivity index (χ0v) is 7.68. The number of aromatic amines is 2. The lowest BCUT2D eigenvalue weighted by Gasteiger charge is -2.01. The molecule has 0 aliphatic carbocycles. The molecule has 2 rings (SSSR count). The molecule has 0 fully saturated rings. The van der Waals surface area contributed by atoms with E-state index in [1.165, 1.54) is 0 Å². The van der Waals surface area contributed by atoms with Gasteiger partial charge in [-0.3, -0.25) is 9.59 Å². The number of rotatable bonds is 0. The molecule has 0 saturated carbocycles. The lowest BCUT2D eigenvalue weighted by Crippen LogP contribution is -2.29. The summed E-state index contributed by atoms with van der Waals surface area (Å²) in [6.07, 6.45) is 0. The van der Waals surface area contributed by atoms with Crippen LogP contribution >= 0.6 is 11.6 Å². The highest BCUT2D eigenvalue weighted by Crippen LogP contribution is 2.24. The van der Waals surface area contributed by atoms with Crippen LogP contribution in [-0.4, -0.2) is 9.97 Å². The highest BCUT2D eigenvalue weighted by molar-refractivity contribution is 6.37. The van der Waals surface area contributed by atoms with Crippen LogP contribution in [0.5, 0.6) is 0 Å². The Bertz CT molecular complexity index is 614. The van der Waals surface area contributed by atoms with Crippen molar-refractivity contribution in [1.29, 1.82) is 0 Å². The smallest absolute Gasteiger partial charge is 0.314 e. The summed E-state index contributed by atoms with van der Waals surface area (Å²) in [5, 5.41) is 0.232. The maximum Gasteiger partial charge on any atom is 0.314 e. The first-order valence-electron chi connectivity index (χ1n) is 3.80. The molecule has 0 saturated heterocycles. The molecule has 1 aromatic heterocycles. The standard InChI is InChI=1S/C8H6ClN3O2/c9-5-3(10)1-2-4-6(5)12-8(14)7(13)11-4/h1-2H,10H2,(H,11,13)(H,12,14). The number of nitrogens with two attached hydrogens (primary N) is 1. The minimum Gasteiger partial charge on any atom is -0.397 e. The highest BCUT2D eigenvalue weighted by Gasteiger charge is 2.05. The van der Waals surface area contributed by atoms with Crippen LogP contribution in [0.3, 0.4) is 0 Å². The number of hydrogen-bond donors (Lipinski definition) is 3. The average Bonchev–Trinajstić information content (AvgIpc) is 2.15. The Morgan fingerprint density at radius 3 is 2.50 bits per heavy atom. The molecule has 0 radical (unpaired) electrons. The molecular weight excluding hydrogens is 206 g/mol. The van der Waals surface area contributed by atoms with E-state index in [4.69, 9.17) is 17.3 Å². The number of nitrogen functional groups attached to an aromatic ring is 1. The summed E-state index contributed by atoms with van der Waals surface area (Å²) >= 11 is 5.83. The second-order valence-corrected chi connectivity index (χ2v) is 3.18. The van der Waals surface area contributed by atoms with Crippen LogP contribution in [0.1, 0.15) is 0 Å². The minimum absolute atomic E-state index is 0.232. The van der Waals surface area contributed by atoms with E-state index in [0.29, 0.717) is 16.7 Å². The van der Waals surface area contributed by atoms with Gasteiger partial charge in [-0.2, -0.15) is 0 Å². The number of anilines is 1. The Labute approximate surface area is 82.5 Å². The molecule has 1 aromatic carbocycles. The lowest BCUT2D eigenvalue weighted by molar-refractivity contribution is 1.15. The van der Waals surface area contributed by atoms with Crippen LogP contribution in [0.25, 0.3) is 11.0 Å². The van der Waals surface area contributed by atoms with E-state index in [0.717, 1.165) is 0 Å². The van der Waals surface area contributed by atoms with Gasteiger partial charge in [-0.15, -0.1) is 0 Å². The van der Waals surface area contributed by atoms with E-state index >= 15 is 0 Å². The first-order valence-corrected chi connectivity index (χ1v) is 4.17. The van der Waals surface area contributed by atoms with E-state index in [2.05, 4.69) is 9.97 Å². The van der Waals surface area contributed by atoms with Crippen molar-refractivity contribution in [3.63, 3.8) is 0 Å². The summed E-state index contributed by atoms with van der Waals surface area (Å²) in [5.74, 6) is 0. The van der Waals surface area contributed by atoms with Crippen LogP contribution in [0.15, 0.2) is 21.7 Å². The quantitative estimate of drug-likeness (QED) is 0.437. The topological polar surface area (TPSA) is 91.7 Å². The molecule has 6 heteroatoms. The predicted molar refractivity (Wildman–Crippen MR) is 54.6 cm³/mol. The van der Waals surface area contributed by atoms with Crippen LogP contribution in [0.2, 0.25) is 5.02 Å². The normalized spacial score (nSPS) is 10.6. The van der Waals surface area contributed by atoms with E-state index in [9.17, 15) is 9.59 Å². The maximum absolute atomic E-state index is 11.0. The number of H-pyrrole nitrogens is 2. The third-order valence-electron chi connectivity index (χ3n) is 1.86. The molecule has 14 heavy (non-hydrogen) atoms. The monoisotopic (exact) mass is 211 g/mol. The van der Waals surface area contributed by atoms with Crippen molar-refractivity contribution >= 4 is 28.3 Å². The summed E-state index contributed by atoms with van der Waals surface area (Å²) in [4.78, 5) is 26.7. The van der Waals surface area contributed by atoms with E-state index in [1.807, 2.05) is 0 Å². The molecule has 0 bridgehead atoms. The molecular formula is C8H6ClN3O2. The fourth-order valence-electron chi connectivity index (χ4n) is 1.17. The highest BCUT2D eigenvalue weighted by atomic mass is 35.5. The second kappa shape index (κ2) is 2.88. The fraction of sp³-hybridized carbons (Fsp3) is 0. The molecule has 2 aromatic rings. The second-order valence-electron chi connectivity index (χ2n) is 2.80. The number of hydrogen-bond acceptors (Lipinski definition) is 3. The van der Waals surface area contributed by atoms with Crippen LogP contribution in [0.4, 0.5) is 5.69 Å². The molecule has 0 spiro atoms. The molecule has 4 N–H and O–H groups in total. The Morgan fingerprint density at radius 2 is 1.79 bits per heavy atom. The van der Waals surface area contributed by atoms with Gasteiger partial charge in [0.1, 0.15) is 0 Å². The predicted octanol–water partition coefficient (Wildman–Crippen LogP) is 0.452. The summed E-state index contributed by atoms with van der Waals surface area (Å²) in [6, 6.07) is 3.13. The summed E-state index contributed by atoms with van der Waals surface area (Å²) in [7, 11) is 0. The van der Waals surface area contributed by atoms with Gasteiger partial charge >= 0.3 is 11.1 Å². The van der Waals surface area contributed by atoms with Gasteiger partial charge in [0.05, 0.1) is 21.7 Å². The van der Waals surface area contributed by atoms with Gasteiger partial charge in [-0.25, -0.2) is 0 Å². The van der Waals surface area contributed by atoms with Gasteiger partial charge < -0.3 is 15.7 Å². The van der Waals surface area contributed by atoms with Gasteiger partial charge in [0, 0.05) is 0 Å². The summed E-state index contributed by atoms with van der Waals surface area (Å²) in [5.41, 5.74) is 5.22. The maximum atomic E-state index is 11.0. The van der Waals surface area contributed by atoms with Gasteiger partial charge in [0.25, 0.3) is 0 Å². The van der Waals surface area contributed by atoms with Crippen molar-refractivity contribution in [2.75, 3.05) is 5.73 Å². The van der Waals surface area contributed by atoms with Crippen molar-refractivity contribution in [2.24, 2.45) is 0 Å². The van der Waals surface area contributed by atoms with Crippen molar-refractivity contribution in [1.82, 2.24) is 9.97 Å². The number of aromatic nitrogens is 2. The van der Waals surface area contributed by atoms with Crippen LogP contribution in [-0.2, 0) is 0 Å². The fourth-order valence-corrected chi connectivity index (χ4v) is 1.38. The van der Waals surface area contributed by atoms with Gasteiger partial charge in [0.2, 0.25) is 0 Å². The Morgan fingerprint density at radius 1 is 1.14 bits per heavy atom. The largest absolute Gasteiger partial charge is 0.397 e. The SMILES string of the molecule is Nc1ccc2[nH]c(=O)c(=O)[nH]c2c1Cl. The summed E-state index contributed by atoms with van der Waals surface area (Å²) in [6.45, 7) is 0. The molecule has 0 unspecified atom stereocenters. The van der Waals surface area contributed by atoms with Crippen molar-refractivity contribution in [2.45, 2.75) is 0 Å². The molecule has 0 aliphatic rings. The molecule has 0 aliphatic heterocycles. The molecule has 1 heterocycles. The zero-order chi connectivity index (χ0) is 10.3. The van der Waals surface area contributed by atoms with Gasteiger partial charge in [-0.05, 0) is 12.1 Å². The Hall–Kier alpha value is -1.75. The Balaban J connectivity index is 3.04. The van der Waals surface area contributed by atoms with Crippen LogP contribution < -0.4 is 16.9 Å². The van der Waals surface area contributed by atoms with Gasteiger partial charge in [-0.1, -0.05) is 11.6 Å². The number of benzene rings is 1. The number of halogens is 1. The number of nitrogens with one attached hydrogen (secondary N) is 2. The summed E-state index contributed by atoms with van der Waals surface area (Å²) < 4.78 is 0. The zero-order valence-electron chi connectivity index (χ0n) is 6.93. The molecule has 5 nitrogen and oxygen atoms in total.